The van der Waals surface area contributed by atoms with Crippen molar-refractivity contribution in [2.75, 3.05) is 21.3 Å². The minimum absolute atomic E-state index is 0.128. The maximum absolute atomic E-state index is 12.6. The second kappa shape index (κ2) is 9.48. The van der Waals surface area contributed by atoms with E-state index in [-0.39, 0.29) is 23.3 Å². The first-order valence-corrected chi connectivity index (χ1v) is 9.23. The first kappa shape index (κ1) is 20.9. The van der Waals surface area contributed by atoms with Crippen molar-refractivity contribution >= 4 is 11.9 Å². The van der Waals surface area contributed by atoms with Gasteiger partial charge in [0, 0.05) is 6.04 Å². The van der Waals surface area contributed by atoms with Crippen molar-refractivity contribution in [1.82, 2.24) is 5.32 Å². The highest BCUT2D eigenvalue weighted by Crippen LogP contribution is 2.40. The molecule has 1 amide bonds. The highest BCUT2D eigenvalue weighted by Gasteiger charge is 2.28. The summed E-state index contributed by atoms with van der Waals surface area (Å²) in [7, 11) is 4.37. The Morgan fingerprint density at radius 1 is 1.04 bits per heavy atom. The van der Waals surface area contributed by atoms with E-state index >= 15 is 0 Å². The second-order valence-electron chi connectivity index (χ2n) is 6.81. The standard InChI is InChI=1S/C20H29NO6/c1-12-8-6-7-9-15(12)21-19(22)13(2)27-20(23)14-10-11-16(24-3)18(26-5)17(14)25-4/h10-13,15H,6-9H2,1-5H3,(H,21,22)/t12-,13+,15-/m0/s1. The summed E-state index contributed by atoms with van der Waals surface area (Å²) in [5.41, 5.74) is 0.167. The van der Waals surface area contributed by atoms with Gasteiger partial charge < -0.3 is 24.3 Å². The molecule has 0 radical (unpaired) electrons. The summed E-state index contributed by atoms with van der Waals surface area (Å²) in [6.45, 7) is 3.70. The van der Waals surface area contributed by atoms with Crippen LogP contribution in [0, 0.1) is 5.92 Å². The Bertz CT molecular complexity index is 675. The molecule has 0 bridgehead atoms. The molecule has 1 aromatic carbocycles. The third-order valence-corrected chi connectivity index (χ3v) is 5.02. The molecule has 27 heavy (non-hydrogen) atoms. The van der Waals surface area contributed by atoms with Crippen molar-refractivity contribution in [3.8, 4) is 17.2 Å². The van der Waals surface area contributed by atoms with Crippen LogP contribution >= 0.6 is 0 Å². The lowest BCUT2D eigenvalue weighted by atomic mass is 9.86. The van der Waals surface area contributed by atoms with Gasteiger partial charge in [-0.3, -0.25) is 4.79 Å². The van der Waals surface area contributed by atoms with E-state index in [1.807, 2.05) is 0 Å². The van der Waals surface area contributed by atoms with Crippen LogP contribution in [0.1, 0.15) is 49.9 Å². The van der Waals surface area contributed by atoms with E-state index < -0.39 is 12.1 Å². The monoisotopic (exact) mass is 379 g/mol. The summed E-state index contributed by atoms with van der Waals surface area (Å²) >= 11 is 0. The van der Waals surface area contributed by atoms with Gasteiger partial charge in [-0.1, -0.05) is 19.8 Å². The van der Waals surface area contributed by atoms with Crippen molar-refractivity contribution in [3.05, 3.63) is 17.7 Å². The van der Waals surface area contributed by atoms with Crippen LogP contribution in [0.5, 0.6) is 17.2 Å². The maximum atomic E-state index is 12.6. The fourth-order valence-corrected chi connectivity index (χ4v) is 3.37. The van der Waals surface area contributed by atoms with Crippen LogP contribution in [0.2, 0.25) is 0 Å². The molecule has 3 atom stereocenters. The lowest BCUT2D eigenvalue weighted by Crippen LogP contribution is -2.46. The van der Waals surface area contributed by atoms with Crippen LogP contribution < -0.4 is 19.5 Å². The summed E-state index contributed by atoms with van der Waals surface area (Å²) in [5.74, 6) is 0.408. The Labute approximate surface area is 160 Å². The van der Waals surface area contributed by atoms with Gasteiger partial charge in [-0.05, 0) is 37.8 Å². The number of ether oxygens (including phenoxy) is 4. The Morgan fingerprint density at radius 3 is 2.30 bits per heavy atom. The zero-order valence-electron chi connectivity index (χ0n) is 16.7. The molecule has 0 heterocycles. The fourth-order valence-electron chi connectivity index (χ4n) is 3.37. The molecular weight excluding hydrogens is 350 g/mol. The van der Waals surface area contributed by atoms with E-state index in [1.165, 1.54) is 33.8 Å². The van der Waals surface area contributed by atoms with Crippen LogP contribution in [-0.4, -0.2) is 45.4 Å². The highest BCUT2D eigenvalue weighted by molar-refractivity contribution is 5.96. The molecule has 0 aromatic heterocycles. The molecule has 0 spiro atoms. The van der Waals surface area contributed by atoms with Gasteiger partial charge in [-0.15, -0.1) is 0 Å². The van der Waals surface area contributed by atoms with E-state index in [2.05, 4.69) is 12.2 Å². The average molecular weight is 379 g/mol. The molecule has 0 saturated heterocycles. The number of carbonyl (C=O) groups is 2. The third kappa shape index (κ3) is 4.84. The molecule has 1 fully saturated rings. The van der Waals surface area contributed by atoms with Crippen molar-refractivity contribution < 1.29 is 28.5 Å². The average Bonchev–Trinajstić information content (AvgIpc) is 2.67. The van der Waals surface area contributed by atoms with Crippen molar-refractivity contribution in [2.45, 2.75) is 51.7 Å². The first-order valence-electron chi connectivity index (χ1n) is 9.23. The van der Waals surface area contributed by atoms with Crippen LogP contribution in [-0.2, 0) is 9.53 Å². The maximum Gasteiger partial charge on any atom is 0.342 e. The van der Waals surface area contributed by atoms with E-state index in [4.69, 9.17) is 18.9 Å². The number of benzene rings is 1. The number of rotatable bonds is 7. The zero-order chi connectivity index (χ0) is 20.0. The van der Waals surface area contributed by atoms with E-state index in [0.717, 1.165) is 19.3 Å². The summed E-state index contributed by atoms with van der Waals surface area (Å²) in [4.78, 5) is 25.0. The second-order valence-corrected chi connectivity index (χ2v) is 6.81. The fraction of sp³-hybridized carbons (Fsp3) is 0.600. The number of amides is 1. The first-order chi connectivity index (χ1) is 12.9. The number of nitrogens with one attached hydrogen (secondary N) is 1. The van der Waals surface area contributed by atoms with Crippen LogP contribution in [0.25, 0.3) is 0 Å². The summed E-state index contributed by atoms with van der Waals surface area (Å²) < 4.78 is 21.1. The Hall–Kier alpha value is -2.44. The van der Waals surface area contributed by atoms with Crippen molar-refractivity contribution in [3.63, 3.8) is 0 Å². The van der Waals surface area contributed by atoms with E-state index in [1.54, 1.807) is 13.0 Å². The predicted molar refractivity (Wildman–Crippen MR) is 101 cm³/mol. The minimum Gasteiger partial charge on any atom is -0.493 e. The molecule has 2 rings (SSSR count). The molecule has 0 unspecified atom stereocenters. The normalized spacial score (nSPS) is 20.3. The van der Waals surface area contributed by atoms with Crippen molar-refractivity contribution in [2.24, 2.45) is 5.92 Å². The smallest absolute Gasteiger partial charge is 0.342 e. The van der Waals surface area contributed by atoms with Gasteiger partial charge in [0.2, 0.25) is 5.75 Å². The topological polar surface area (TPSA) is 83.1 Å². The van der Waals surface area contributed by atoms with Gasteiger partial charge in [0.1, 0.15) is 5.56 Å². The molecule has 7 nitrogen and oxygen atoms in total. The van der Waals surface area contributed by atoms with Crippen molar-refractivity contribution in [1.29, 1.82) is 0 Å². The summed E-state index contributed by atoms with van der Waals surface area (Å²) in [5, 5.41) is 3.00. The lowest BCUT2D eigenvalue weighted by Gasteiger charge is -2.30. The molecule has 1 N–H and O–H groups in total. The van der Waals surface area contributed by atoms with Gasteiger partial charge in [-0.2, -0.15) is 0 Å². The Kier molecular flexibility index (Phi) is 7.33. The van der Waals surface area contributed by atoms with Crippen LogP contribution in [0.3, 0.4) is 0 Å². The Morgan fingerprint density at radius 2 is 1.70 bits per heavy atom. The highest BCUT2D eigenvalue weighted by atomic mass is 16.6. The predicted octanol–water partition coefficient (Wildman–Crippen LogP) is 2.95. The van der Waals surface area contributed by atoms with Gasteiger partial charge in [0.15, 0.2) is 17.6 Å². The number of esters is 1. The zero-order valence-corrected chi connectivity index (χ0v) is 16.7. The molecule has 150 valence electrons. The SMILES string of the molecule is COc1ccc(C(=O)O[C@H](C)C(=O)N[C@H]2CCCC[C@@H]2C)c(OC)c1OC. The van der Waals surface area contributed by atoms with Gasteiger partial charge in [-0.25, -0.2) is 4.79 Å². The summed E-state index contributed by atoms with van der Waals surface area (Å²) in [6, 6.07) is 3.24. The number of hydrogen-bond acceptors (Lipinski definition) is 6. The molecule has 7 heteroatoms. The van der Waals surface area contributed by atoms with Gasteiger partial charge in [0.25, 0.3) is 5.91 Å². The van der Waals surface area contributed by atoms with Crippen LogP contribution in [0.15, 0.2) is 12.1 Å². The van der Waals surface area contributed by atoms with Gasteiger partial charge >= 0.3 is 5.97 Å². The minimum atomic E-state index is -0.913. The number of methoxy groups -OCH3 is 3. The molecular formula is C20H29NO6. The molecule has 1 aliphatic carbocycles. The summed E-state index contributed by atoms with van der Waals surface area (Å²) in [6.07, 6.45) is 3.44. The molecule has 1 aliphatic rings. The number of hydrogen-bond donors (Lipinski definition) is 1. The molecule has 1 saturated carbocycles. The third-order valence-electron chi connectivity index (χ3n) is 5.02. The quantitative estimate of drug-likeness (QED) is 0.734. The van der Waals surface area contributed by atoms with Crippen LogP contribution in [0.4, 0.5) is 0 Å². The molecule has 1 aromatic rings. The molecule has 0 aliphatic heterocycles. The lowest BCUT2D eigenvalue weighted by molar-refractivity contribution is -0.130. The number of carbonyl (C=O) groups excluding carboxylic acids is 2. The largest absolute Gasteiger partial charge is 0.493 e. The Balaban J connectivity index is 2.08. The van der Waals surface area contributed by atoms with E-state index in [9.17, 15) is 9.59 Å². The van der Waals surface area contributed by atoms with Gasteiger partial charge in [0.05, 0.1) is 21.3 Å². The van der Waals surface area contributed by atoms with E-state index in [0.29, 0.717) is 17.4 Å².